The maximum absolute atomic E-state index is 12.7. The van der Waals surface area contributed by atoms with Crippen molar-refractivity contribution in [2.45, 2.75) is 33.1 Å². The Hall–Kier alpha value is -2.90. The molecule has 0 aromatic carbocycles. The highest BCUT2D eigenvalue weighted by Gasteiger charge is 2.28. The van der Waals surface area contributed by atoms with Crippen molar-refractivity contribution in [2.24, 2.45) is 0 Å². The van der Waals surface area contributed by atoms with Crippen molar-refractivity contribution in [1.82, 2.24) is 15.0 Å². The third-order valence-corrected chi connectivity index (χ3v) is 4.27. The quantitative estimate of drug-likeness (QED) is 0.880. The van der Waals surface area contributed by atoms with E-state index in [0.29, 0.717) is 34.8 Å². The number of Topliss-reactive ketones (excluding diaryl/α,β-unsaturated/α-hetero) is 1. The first kappa shape index (κ1) is 16.9. The molecule has 132 valence electrons. The number of carbonyl (C=O) groups excluding carboxylic acids is 3. The summed E-state index contributed by atoms with van der Waals surface area (Å²) >= 11 is 0. The molecule has 0 saturated carbocycles. The zero-order valence-electron chi connectivity index (χ0n) is 14.4. The van der Waals surface area contributed by atoms with Crippen molar-refractivity contribution < 1.29 is 18.9 Å². The van der Waals surface area contributed by atoms with Crippen molar-refractivity contribution in [3.63, 3.8) is 0 Å². The van der Waals surface area contributed by atoms with Crippen molar-refractivity contribution in [1.29, 1.82) is 0 Å². The van der Waals surface area contributed by atoms with Crippen LogP contribution in [0.3, 0.4) is 0 Å². The van der Waals surface area contributed by atoms with Crippen LogP contribution in [0.5, 0.6) is 0 Å². The van der Waals surface area contributed by atoms with E-state index in [-0.39, 0.29) is 24.1 Å². The summed E-state index contributed by atoms with van der Waals surface area (Å²) in [5, 5.41) is 6.25. The van der Waals surface area contributed by atoms with Crippen LogP contribution < -0.4 is 5.32 Å². The van der Waals surface area contributed by atoms with Gasteiger partial charge in [-0.1, -0.05) is 5.16 Å². The molecule has 2 aromatic rings. The van der Waals surface area contributed by atoms with Crippen molar-refractivity contribution in [2.75, 3.05) is 18.9 Å². The van der Waals surface area contributed by atoms with Crippen LogP contribution in [0.15, 0.2) is 10.6 Å². The van der Waals surface area contributed by atoms with Crippen LogP contribution in [0, 0.1) is 13.8 Å². The van der Waals surface area contributed by atoms with Gasteiger partial charge < -0.3 is 19.7 Å². The smallest absolute Gasteiger partial charge is 0.270 e. The number of H-pyrrole nitrogens is 1. The van der Waals surface area contributed by atoms with E-state index in [4.69, 9.17) is 4.52 Å². The van der Waals surface area contributed by atoms with Gasteiger partial charge in [-0.2, -0.15) is 0 Å². The molecular weight excluding hydrogens is 324 g/mol. The summed E-state index contributed by atoms with van der Waals surface area (Å²) in [6.07, 6.45) is 2.05. The van der Waals surface area contributed by atoms with Gasteiger partial charge in [-0.05, 0) is 32.3 Å². The number of nitrogens with one attached hydrogen (secondary N) is 2. The lowest BCUT2D eigenvalue weighted by Crippen LogP contribution is -2.35. The maximum atomic E-state index is 12.7. The molecule has 8 nitrogen and oxygen atoms in total. The molecule has 8 heteroatoms. The number of hydrogen-bond donors (Lipinski definition) is 2. The van der Waals surface area contributed by atoms with Gasteiger partial charge in [0.2, 0.25) is 5.91 Å². The van der Waals surface area contributed by atoms with Gasteiger partial charge in [-0.3, -0.25) is 14.4 Å². The van der Waals surface area contributed by atoms with Crippen LogP contribution in [0.25, 0.3) is 0 Å². The minimum absolute atomic E-state index is 0.0656. The van der Waals surface area contributed by atoms with E-state index in [0.717, 1.165) is 18.5 Å². The monoisotopic (exact) mass is 344 g/mol. The number of nitrogens with zero attached hydrogens (tertiary/aromatic N) is 2. The SMILES string of the molecule is Cc1cc(NC(=O)CN(C)C(=O)c2[nH]c3c(c2C)C(=O)CCC3)no1. The number of hydrogen-bond acceptors (Lipinski definition) is 5. The van der Waals surface area contributed by atoms with Crippen LogP contribution in [0.1, 0.15) is 50.7 Å². The van der Waals surface area contributed by atoms with E-state index in [1.165, 1.54) is 11.9 Å². The first-order chi connectivity index (χ1) is 11.9. The molecule has 2 aromatic heterocycles. The Bertz CT molecular complexity index is 849. The number of aromatic amines is 1. The van der Waals surface area contributed by atoms with Gasteiger partial charge >= 0.3 is 0 Å². The fourth-order valence-electron chi connectivity index (χ4n) is 3.07. The molecule has 2 heterocycles. The number of aryl methyl sites for hydroxylation is 2. The Morgan fingerprint density at radius 1 is 1.36 bits per heavy atom. The van der Waals surface area contributed by atoms with Crippen LogP contribution >= 0.6 is 0 Å². The molecule has 25 heavy (non-hydrogen) atoms. The first-order valence-electron chi connectivity index (χ1n) is 8.10. The van der Waals surface area contributed by atoms with E-state index in [1.807, 2.05) is 0 Å². The summed E-state index contributed by atoms with van der Waals surface area (Å²) in [5.41, 5.74) is 2.47. The molecule has 0 saturated heterocycles. The van der Waals surface area contributed by atoms with E-state index in [2.05, 4.69) is 15.5 Å². The molecule has 3 rings (SSSR count). The number of aromatic nitrogens is 2. The van der Waals surface area contributed by atoms with Gasteiger partial charge in [0.25, 0.3) is 5.91 Å². The number of likely N-dealkylation sites (N-methyl/N-ethyl adjacent to an activating group) is 1. The molecule has 0 aliphatic heterocycles. The average molecular weight is 344 g/mol. The molecule has 2 amide bonds. The topological polar surface area (TPSA) is 108 Å². The van der Waals surface area contributed by atoms with Gasteiger partial charge in [0.05, 0.1) is 6.54 Å². The number of rotatable bonds is 4. The summed E-state index contributed by atoms with van der Waals surface area (Å²) in [7, 11) is 1.54. The molecule has 0 unspecified atom stereocenters. The van der Waals surface area contributed by atoms with E-state index in [1.54, 1.807) is 19.9 Å². The zero-order valence-corrected chi connectivity index (χ0v) is 14.4. The summed E-state index contributed by atoms with van der Waals surface area (Å²) in [4.78, 5) is 41.1. The van der Waals surface area contributed by atoms with Crippen LogP contribution in [-0.2, 0) is 11.2 Å². The molecular formula is C17H20N4O4. The minimum atomic E-state index is -0.380. The van der Waals surface area contributed by atoms with E-state index in [9.17, 15) is 14.4 Å². The highest BCUT2D eigenvalue weighted by molar-refractivity contribution is 6.05. The van der Waals surface area contributed by atoms with Gasteiger partial charge in [-0.15, -0.1) is 0 Å². The predicted molar refractivity (Wildman–Crippen MR) is 89.6 cm³/mol. The number of amides is 2. The van der Waals surface area contributed by atoms with Gasteiger partial charge in [-0.25, -0.2) is 0 Å². The number of carbonyl (C=O) groups is 3. The van der Waals surface area contributed by atoms with E-state index < -0.39 is 0 Å². The van der Waals surface area contributed by atoms with Crippen LogP contribution in [0.2, 0.25) is 0 Å². The lowest BCUT2D eigenvalue weighted by molar-refractivity contribution is -0.116. The fourth-order valence-corrected chi connectivity index (χ4v) is 3.07. The minimum Gasteiger partial charge on any atom is -0.360 e. The predicted octanol–water partition coefficient (Wildman–Crippen LogP) is 1.85. The summed E-state index contributed by atoms with van der Waals surface area (Å²) < 4.78 is 4.88. The molecule has 0 bridgehead atoms. The third kappa shape index (κ3) is 3.33. The Labute approximate surface area is 144 Å². The number of anilines is 1. The first-order valence-corrected chi connectivity index (χ1v) is 8.10. The highest BCUT2D eigenvalue weighted by Crippen LogP contribution is 2.27. The fraction of sp³-hybridized carbons (Fsp3) is 0.412. The van der Waals surface area contributed by atoms with Gasteiger partial charge in [0.15, 0.2) is 11.6 Å². The van der Waals surface area contributed by atoms with Crippen LogP contribution in [-0.4, -0.2) is 46.2 Å². The summed E-state index contributed by atoms with van der Waals surface area (Å²) in [6.45, 7) is 3.34. The molecule has 1 aliphatic carbocycles. The Kier molecular flexibility index (Phi) is 4.43. The number of fused-ring (bicyclic) bond motifs is 1. The van der Waals surface area contributed by atoms with Crippen LogP contribution in [0.4, 0.5) is 5.82 Å². The molecule has 0 atom stereocenters. The standard InChI is InChI=1S/C17H20N4O4/c1-9-7-13(20-25-9)19-14(23)8-21(3)17(24)16-10(2)15-11(18-16)5-4-6-12(15)22/h7,18H,4-6,8H2,1-3H3,(H,19,20,23). The van der Waals surface area contributed by atoms with Gasteiger partial charge in [0, 0.05) is 30.8 Å². The van der Waals surface area contributed by atoms with E-state index >= 15 is 0 Å². The van der Waals surface area contributed by atoms with Crippen molar-refractivity contribution in [3.05, 3.63) is 34.3 Å². The number of ketones is 1. The Morgan fingerprint density at radius 3 is 2.76 bits per heavy atom. The highest BCUT2D eigenvalue weighted by atomic mass is 16.5. The second-order valence-electron chi connectivity index (χ2n) is 6.29. The Balaban J connectivity index is 1.70. The molecule has 1 aliphatic rings. The Morgan fingerprint density at radius 2 is 2.12 bits per heavy atom. The van der Waals surface area contributed by atoms with Crippen molar-refractivity contribution >= 4 is 23.4 Å². The summed E-state index contributed by atoms with van der Waals surface area (Å²) in [6, 6.07) is 1.59. The zero-order chi connectivity index (χ0) is 18.1. The lowest BCUT2D eigenvalue weighted by atomic mass is 9.94. The second-order valence-corrected chi connectivity index (χ2v) is 6.29. The average Bonchev–Trinajstić information content (AvgIpc) is 3.10. The van der Waals surface area contributed by atoms with Gasteiger partial charge in [0.1, 0.15) is 11.5 Å². The lowest BCUT2D eigenvalue weighted by Gasteiger charge is -2.16. The molecule has 0 spiro atoms. The maximum Gasteiger partial charge on any atom is 0.270 e. The molecule has 2 N–H and O–H groups in total. The molecule has 0 fully saturated rings. The summed E-state index contributed by atoms with van der Waals surface area (Å²) in [5.74, 6) is 0.244. The van der Waals surface area contributed by atoms with Crippen molar-refractivity contribution in [3.8, 4) is 0 Å². The largest absolute Gasteiger partial charge is 0.360 e. The second kappa shape index (κ2) is 6.54. The third-order valence-electron chi connectivity index (χ3n) is 4.27. The normalized spacial score (nSPS) is 13.5. The molecule has 0 radical (unpaired) electrons.